The highest BCUT2D eigenvalue weighted by atomic mass is 127. The average Bonchev–Trinajstić information content (AvgIpc) is 2.37. The number of aliphatic hydroxyl groups is 3. The summed E-state index contributed by atoms with van der Waals surface area (Å²) >= 11 is 3.69. The maximum absolute atomic E-state index is 9.80. The van der Waals surface area contributed by atoms with Crippen LogP contribution in [0.4, 0.5) is 0 Å². The Morgan fingerprint density at radius 3 is 2.67 bits per heavy atom. The maximum atomic E-state index is 9.80. The molecule has 4 nitrogen and oxygen atoms in total. The minimum absolute atomic E-state index is 0.0573. The number of rotatable bonds is 3. The van der Waals surface area contributed by atoms with E-state index in [0.29, 0.717) is 5.75 Å². The number of thioether (sulfide) groups is 1. The van der Waals surface area contributed by atoms with Gasteiger partial charge in [-0.1, -0.05) is 18.2 Å². The van der Waals surface area contributed by atoms with Crippen LogP contribution >= 0.6 is 34.4 Å². The summed E-state index contributed by atoms with van der Waals surface area (Å²) < 4.78 is 6.50. The van der Waals surface area contributed by atoms with Gasteiger partial charge in [0.15, 0.2) is 0 Å². The van der Waals surface area contributed by atoms with Crippen LogP contribution in [-0.4, -0.2) is 45.7 Å². The molecule has 4 atom stereocenters. The summed E-state index contributed by atoms with van der Waals surface area (Å²) in [6.45, 7) is 0.0573. The molecular formula is C12H15IO4S. The molecule has 0 aromatic heterocycles. The lowest BCUT2D eigenvalue weighted by Gasteiger charge is -2.34. The monoisotopic (exact) mass is 382 g/mol. The van der Waals surface area contributed by atoms with Gasteiger partial charge in [-0.2, -0.15) is 0 Å². The van der Waals surface area contributed by atoms with Crippen LogP contribution in [0.2, 0.25) is 0 Å². The normalized spacial score (nSPS) is 32.4. The Hall–Kier alpha value is 0.140. The fraction of sp³-hybridized carbons (Fsp3) is 0.500. The van der Waals surface area contributed by atoms with Crippen molar-refractivity contribution in [1.29, 1.82) is 0 Å². The first kappa shape index (κ1) is 14.5. The second kappa shape index (κ2) is 6.53. The molecule has 1 aromatic carbocycles. The lowest BCUT2D eigenvalue weighted by atomic mass is 10.1. The van der Waals surface area contributed by atoms with Gasteiger partial charge in [0.2, 0.25) is 0 Å². The molecule has 0 radical (unpaired) electrons. The molecule has 0 unspecified atom stereocenters. The van der Waals surface area contributed by atoms with E-state index in [9.17, 15) is 15.3 Å². The number of hydrogen-bond donors (Lipinski definition) is 3. The average molecular weight is 382 g/mol. The van der Waals surface area contributed by atoms with Crippen molar-refractivity contribution < 1.29 is 20.1 Å². The third-order valence-electron chi connectivity index (χ3n) is 2.82. The first-order valence-electron chi connectivity index (χ1n) is 5.60. The quantitative estimate of drug-likeness (QED) is 0.680. The van der Waals surface area contributed by atoms with Crippen molar-refractivity contribution in [2.24, 2.45) is 0 Å². The van der Waals surface area contributed by atoms with Crippen LogP contribution < -0.4 is 0 Å². The Bertz CT molecular complexity index is 403. The molecule has 0 spiro atoms. The smallest absolute Gasteiger partial charge is 0.132 e. The summed E-state index contributed by atoms with van der Waals surface area (Å²) in [5.74, 6) is 0.698. The van der Waals surface area contributed by atoms with Crippen LogP contribution in [0.1, 0.15) is 5.56 Å². The Kier molecular flexibility index (Phi) is 5.28. The van der Waals surface area contributed by atoms with E-state index >= 15 is 0 Å². The van der Waals surface area contributed by atoms with Crippen LogP contribution in [-0.2, 0) is 10.5 Å². The predicted octanol–water partition coefficient (Wildman–Crippen LogP) is 0.963. The third kappa shape index (κ3) is 3.37. The molecule has 1 fully saturated rings. The van der Waals surface area contributed by atoms with Gasteiger partial charge < -0.3 is 20.1 Å². The van der Waals surface area contributed by atoms with Crippen LogP contribution in [0.3, 0.4) is 0 Å². The predicted molar refractivity (Wildman–Crippen MR) is 78.2 cm³/mol. The van der Waals surface area contributed by atoms with Gasteiger partial charge >= 0.3 is 0 Å². The Morgan fingerprint density at radius 1 is 1.22 bits per heavy atom. The Morgan fingerprint density at radius 2 is 1.94 bits per heavy atom. The van der Waals surface area contributed by atoms with E-state index in [2.05, 4.69) is 22.6 Å². The van der Waals surface area contributed by atoms with Gasteiger partial charge in [0.25, 0.3) is 0 Å². The minimum atomic E-state index is -1.13. The summed E-state index contributed by atoms with van der Waals surface area (Å²) in [5, 5.41) is 28.7. The SMILES string of the molecule is O[C@@H]1[C@@H](O)[C@H](SCc2ccccc2I)OC[C@H]1O. The molecule has 0 aliphatic carbocycles. The van der Waals surface area contributed by atoms with Crippen molar-refractivity contribution in [3.05, 3.63) is 33.4 Å². The standard InChI is InChI=1S/C12H15IO4S/c13-8-4-2-1-3-7(8)6-18-12-11(16)10(15)9(14)5-17-12/h1-4,9-12,14-16H,5-6H2/t9-,10+,11-,12+/m1/s1. The Balaban J connectivity index is 1.93. The van der Waals surface area contributed by atoms with Crippen LogP contribution in [0, 0.1) is 3.57 Å². The third-order valence-corrected chi connectivity index (χ3v) is 5.09. The Labute approximate surface area is 123 Å². The number of benzene rings is 1. The van der Waals surface area contributed by atoms with Gasteiger partial charge in [-0.05, 0) is 34.2 Å². The van der Waals surface area contributed by atoms with E-state index < -0.39 is 23.7 Å². The van der Waals surface area contributed by atoms with Crippen molar-refractivity contribution in [1.82, 2.24) is 0 Å². The molecule has 3 N–H and O–H groups in total. The molecule has 1 saturated heterocycles. The van der Waals surface area contributed by atoms with Gasteiger partial charge in [-0.25, -0.2) is 0 Å². The van der Waals surface area contributed by atoms with Gasteiger partial charge in [-0.15, -0.1) is 11.8 Å². The molecule has 0 saturated carbocycles. The van der Waals surface area contributed by atoms with Crippen molar-refractivity contribution in [2.45, 2.75) is 29.5 Å². The van der Waals surface area contributed by atoms with Crippen LogP contribution in [0.25, 0.3) is 0 Å². The lowest BCUT2D eigenvalue weighted by molar-refractivity contribution is -0.161. The van der Waals surface area contributed by atoms with E-state index in [1.807, 2.05) is 24.3 Å². The molecule has 0 amide bonds. The fourth-order valence-corrected chi connectivity index (χ4v) is 3.68. The van der Waals surface area contributed by atoms with E-state index in [1.54, 1.807) is 0 Å². The number of aliphatic hydroxyl groups excluding tert-OH is 3. The summed E-state index contributed by atoms with van der Waals surface area (Å²) in [6, 6.07) is 7.99. The first-order chi connectivity index (χ1) is 8.59. The van der Waals surface area contributed by atoms with E-state index in [1.165, 1.54) is 17.3 Å². The molecule has 100 valence electrons. The zero-order chi connectivity index (χ0) is 13.1. The van der Waals surface area contributed by atoms with Crippen LogP contribution in [0.5, 0.6) is 0 Å². The highest BCUT2D eigenvalue weighted by molar-refractivity contribution is 14.1. The second-order valence-corrected chi connectivity index (χ2v) is 6.40. The van der Waals surface area contributed by atoms with E-state index in [4.69, 9.17) is 4.74 Å². The molecule has 1 aromatic rings. The minimum Gasteiger partial charge on any atom is -0.388 e. The molecule has 18 heavy (non-hydrogen) atoms. The van der Waals surface area contributed by atoms with Gasteiger partial charge in [-0.3, -0.25) is 0 Å². The largest absolute Gasteiger partial charge is 0.388 e. The molecule has 2 rings (SSSR count). The summed E-state index contributed by atoms with van der Waals surface area (Å²) in [6.07, 6.45) is -3.19. The van der Waals surface area contributed by atoms with E-state index in [-0.39, 0.29) is 6.61 Å². The number of hydrogen-bond acceptors (Lipinski definition) is 5. The first-order valence-corrected chi connectivity index (χ1v) is 7.73. The summed E-state index contributed by atoms with van der Waals surface area (Å²) in [7, 11) is 0. The lowest BCUT2D eigenvalue weighted by Crippen LogP contribution is -2.51. The van der Waals surface area contributed by atoms with Gasteiger partial charge in [0, 0.05) is 9.32 Å². The zero-order valence-electron chi connectivity index (χ0n) is 9.57. The molecule has 0 bridgehead atoms. The summed E-state index contributed by atoms with van der Waals surface area (Å²) in [4.78, 5) is 0. The van der Waals surface area contributed by atoms with Crippen molar-refractivity contribution in [3.63, 3.8) is 0 Å². The molecule has 6 heteroatoms. The zero-order valence-corrected chi connectivity index (χ0v) is 12.5. The van der Waals surface area contributed by atoms with Crippen molar-refractivity contribution in [3.8, 4) is 0 Å². The molecular weight excluding hydrogens is 367 g/mol. The maximum Gasteiger partial charge on any atom is 0.132 e. The van der Waals surface area contributed by atoms with Gasteiger partial charge in [0.05, 0.1) is 6.61 Å². The molecule has 1 heterocycles. The van der Waals surface area contributed by atoms with E-state index in [0.717, 1.165) is 3.57 Å². The number of ether oxygens (including phenoxy) is 1. The fourth-order valence-electron chi connectivity index (χ4n) is 1.71. The molecule has 1 aliphatic rings. The molecule has 1 aliphatic heterocycles. The highest BCUT2D eigenvalue weighted by Crippen LogP contribution is 2.28. The summed E-state index contributed by atoms with van der Waals surface area (Å²) in [5.41, 5.74) is 0.666. The van der Waals surface area contributed by atoms with Crippen molar-refractivity contribution >= 4 is 34.4 Å². The van der Waals surface area contributed by atoms with Crippen molar-refractivity contribution in [2.75, 3.05) is 6.61 Å². The highest BCUT2D eigenvalue weighted by Gasteiger charge is 2.37. The topological polar surface area (TPSA) is 69.9 Å². The second-order valence-electron chi connectivity index (χ2n) is 4.15. The van der Waals surface area contributed by atoms with Crippen LogP contribution in [0.15, 0.2) is 24.3 Å². The number of halogens is 1. The van der Waals surface area contributed by atoms with Gasteiger partial charge in [0.1, 0.15) is 23.7 Å².